The number of nitrogens with one attached hydrogen (secondary N) is 1. The monoisotopic (exact) mass is 481 g/mol. The van der Waals surface area contributed by atoms with Gasteiger partial charge in [-0.25, -0.2) is 15.0 Å². The second-order valence-electron chi connectivity index (χ2n) is 9.52. The van der Waals surface area contributed by atoms with E-state index in [2.05, 4.69) is 50.0 Å². The summed E-state index contributed by atoms with van der Waals surface area (Å²) in [7, 11) is 0. The first kappa shape index (κ1) is 25.3. The lowest BCUT2D eigenvalue weighted by Crippen LogP contribution is -2.36. The third-order valence-electron chi connectivity index (χ3n) is 6.97. The number of H-pyrrole nitrogens is 1. The molecular formula is C26H39N7O2. The van der Waals surface area contributed by atoms with E-state index in [4.69, 9.17) is 10.5 Å². The highest BCUT2D eigenvalue weighted by molar-refractivity contribution is 5.83. The third kappa shape index (κ3) is 6.89. The van der Waals surface area contributed by atoms with Crippen LogP contribution in [0, 0.1) is 0 Å². The first-order valence-electron chi connectivity index (χ1n) is 13.0. The van der Waals surface area contributed by atoms with Crippen LogP contribution in [0.15, 0.2) is 36.5 Å². The molecule has 4 heterocycles. The molecule has 9 heteroatoms. The maximum Gasteiger partial charge on any atom is 0.222 e. The standard InChI is InChI=1S/C26H39N7O2/c1-20(7-5-8-21-11-15-32(16-12-21)23(34)10-3-2-4-13-27)35-17-22-9-6-14-33(22)26-24-25(29-18-28-24)30-19-31-26/h5,7-8,18-20,22H,2-4,6,9-17,27H2,1H3,(H,28,29,30,31)/b7-5-/t20?,22-/m1/s1. The van der Waals surface area contributed by atoms with Crippen LogP contribution < -0.4 is 10.6 Å². The van der Waals surface area contributed by atoms with Crippen LogP contribution in [0.2, 0.25) is 0 Å². The number of amides is 1. The highest BCUT2D eigenvalue weighted by atomic mass is 16.5. The molecule has 2 aromatic heterocycles. The zero-order valence-electron chi connectivity index (χ0n) is 20.9. The quantitative estimate of drug-likeness (QED) is 0.473. The normalized spacial score (nSPS) is 19.7. The average Bonchev–Trinajstić information content (AvgIpc) is 3.55. The molecule has 35 heavy (non-hydrogen) atoms. The van der Waals surface area contributed by atoms with Crippen molar-refractivity contribution in [3.05, 3.63) is 36.5 Å². The van der Waals surface area contributed by atoms with E-state index in [0.717, 1.165) is 75.9 Å². The summed E-state index contributed by atoms with van der Waals surface area (Å²) >= 11 is 0. The molecule has 190 valence electrons. The lowest BCUT2D eigenvalue weighted by molar-refractivity contribution is -0.131. The van der Waals surface area contributed by atoms with Crippen molar-refractivity contribution in [1.29, 1.82) is 0 Å². The van der Waals surface area contributed by atoms with Crippen molar-refractivity contribution in [3.8, 4) is 0 Å². The zero-order chi connectivity index (χ0) is 24.5. The number of nitrogens with zero attached hydrogens (tertiary/aromatic N) is 5. The molecule has 9 nitrogen and oxygen atoms in total. The number of ether oxygens (including phenoxy) is 1. The van der Waals surface area contributed by atoms with E-state index in [1.165, 1.54) is 5.57 Å². The summed E-state index contributed by atoms with van der Waals surface area (Å²) < 4.78 is 6.18. The Kier molecular flexibility index (Phi) is 9.25. The van der Waals surface area contributed by atoms with Gasteiger partial charge in [-0.1, -0.05) is 30.2 Å². The summed E-state index contributed by atoms with van der Waals surface area (Å²) in [6.07, 6.45) is 17.4. The molecule has 3 N–H and O–H groups in total. The number of fused-ring (bicyclic) bond motifs is 1. The van der Waals surface area contributed by atoms with Crippen LogP contribution in [0.4, 0.5) is 5.82 Å². The summed E-state index contributed by atoms with van der Waals surface area (Å²) in [5.41, 5.74) is 8.51. The summed E-state index contributed by atoms with van der Waals surface area (Å²) in [6, 6.07) is 0.294. The van der Waals surface area contributed by atoms with Gasteiger partial charge in [0.05, 0.1) is 25.1 Å². The number of hydrogen-bond donors (Lipinski definition) is 2. The van der Waals surface area contributed by atoms with Gasteiger partial charge in [-0.15, -0.1) is 0 Å². The van der Waals surface area contributed by atoms with Crippen LogP contribution in [0.3, 0.4) is 0 Å². The van der Waals surface area contributed by atoms with Crippen LogP contribution in [0.1, 0.15) is 58.3 Å². The molecule has 2 saturated heterocycles. The fourth-order valence-electron chi connectivity index (χ4n) is 4.89. The van der Waals surface area contributed by atoms with Crippen molar-refractivity contribution in [2.75, 3.05) is 37.7 Å². The molecule has 1 amide bonds. The molecule has 0 aliphatic carbocycles. The second-order valence-corrected chi connectivity index (χ2v) is 9.52. The predicted molar refractivity (Wildman–Crippen MR) is 138 cm³/mol. The maximum atomic E-state index is 12.3. The van der Waals surface area contributed by atoms with Crippen LogP contribution in [0.25, 0.3) is 11.2 Å². The number of hydrogen-bond acceptors (Lipinski definition) is 7. The summed E-state index contributed by atoms with van der Waals surface area (Å²) in [5.74, 6) is 1.20. The van der Waals surface area contributed by atoms with Gasteiger partial charge < -0.3 is 25.3 Å². The van der Waals surface area contributed by atoms with E-state index in [0.29, 0.717) is 31.3 Å². The minimum absolute atomic E-state index is 0.0297. The van der Waals surface area contributed by atoms with E-state index in [-0.39, 0.29) is 12.0 Å². The number of aromatic amines is 1. The summed E-state index contributed by atoms with van der Waals surface area (Å²) in [6.45, 7) is 6.06. The first-order valence-corrected chi connectivity index (χ1v) is 13.0. The SMILES string of the molecule is CC(/C=C\C=C1CCN(C(=O)CCCCCN)CC1)OC[C@H]1CCCN1c1ncnc2nc[nH]c12. The van der Waals surface area contributed by atoms with Crippen molar-refractivity contribution in [1.82, 2.24) is 24.8 Å². The number of piperidine rings is 1. The van der Waals surface area contributed by atoms with Crippen molar-refractivity contribution in [2.24, 2.45) is 5.73 Å². The molecule has 0 spiro atoms. The van der Waals surface area contributed by atoms with Gasteiger partial charge in [-0.05, 0) is 52.0 Å². The largest absolute Gasteiger partial charge is 0.372 e. The molecule has 0 radical (unpaired) electrons. The Hall–Kier alpha value is -2.78. The Morgan fingerprint density at radius 3 is 2.91 bits per heavy atom. The number of rotatable bonds is 11. The van der Waals surface area contributed by atoms with Gasteiger partial charge in [-0.3, -0.25) is 4.79 Å². The number of carbonyl (C=O) groups excluding carboxylic acids is 1. The molecule has 1 unspecified atom stereocenters. The highest BCUT2D eigenvalue weighted by Crippen LogP contribution is 2.28. The van der Waals surface area contributed by atoms with Gasteiger partial charge in [0, 0.05) is 26.1 Å². The predicted octanol–water partition coefficient (Wildman–Crippen LogP) is 3.35. The minimum atomic E-state index is 0.0297. The number of aromatic nitrogens is 4. The van der Waals surface area contributed by atoms with E-state index < -0.39 is 0 Å². The molecule has 0 saturated carbocycles. The third-order valence-corrected chi connectivity index (χ3v) is 6.97. The highest BCUT2D eigenvalue weighted by Gasteiger charge is 2.28. The molecule has 2 aromatic rings. The molecule has 0 aromatic carbocycles. The average molecular weight is 482 g/mol. The molecule has 2 aliphatic rings. The van der Waals surface area contributed by atoms with Crippen molar-refractivity contribution in [3.63, 3.8) is 0 Å². The van der Waals surface area contributed by atoms with Crippen LogP contribution in [0.5, 0.6) is 0 Å². The molecule has 4 rings (SSSR count). The molecular weight excluding hydrogens is 442 g/mol. The molecule has 2 aliphatic heterocycles. The number of carbonyl (C=O) groups is 1. The van der Waals surface area contributed by atoms with Gasteiger partial charge in [0.1, 0.15) is 11.8 Å². The number of nitrogens with two attached hydrogens (primary N) is 1. The smallest absolute Gasteiger partial charge is 0.222 e. The molecule has 2 fully saturated rings. The molecule has 0 bridgehead atoms. The fraction of sp³-hybridized carbons (Fsp3) is 0.615. The number of imidazole rings is 1. The van der Waals surface area contributed by atoms with E-state index in [1.54, 1.807) is 12.7 Å². The van der Waals surface area contributed by atoms with E-state index in [9.17, 15) is 4.79 Å². The Morgan fingerprint density at radius 1 is 1.23 bits per heavy atom. The number of anilines is 1. The Balaban J connectivity index is 1.20. The van der Waals surface area contributed by atoms with Gasteiger partial charge in [0.25, 0.3) is 0 Å². The zero-order valence-corrected chi connectivity index (χ0v) is 20.9. The van der Waals surface area contributed by atoms with E-state index >= 15 is 0 Å². The van der Waals surface area contributed by atoms with Crippen LogP contribution in [-0.2, 0) is 9.53 Å². The van der Waals surface area contributed by atoms with Gasteiger partial charge in [0.15, 0.2) is 11.5 Å². The van der Waals surface area contributed by atoms with Gasteiger partial charge >= 0.3 is 0 Å². The topological polar surface area (TPSA) is 113 Å². The number of unbranched alkanes of at least 4 members (excludes halogenated alkanes) is 2. The number of allylic oxidation sites excluding steroid dienone is 2. The molecule has 2 atom stereocenters. The first-order chi connectivity index (χ1) is 17.2. The van der Waals surface area contributed by atoms with Crippen molar-refractivity contribution >= 4 is 22.9 Å². The van der Waals surface area contributed by atoms with Crippen LogP contribution >= 0.6 is 0 Å². The van der Waals surface area contributed by atoms with Gasteiger partial charge in [0.2, 0.25) is 5.91 Å². The maximum absolute atomic E-state index is 12.3. The Bertz CT molecular complexity index is 1010. The fourth-order valence-corrected chi connectivity index (χ4v) is 4.89. The van der Waals surface area contributed by atoms with E-state index in [1.807, 2.05) is 4.90 Å². The second kappa shape index (κ2) is 12.8. The lowest BCUT2D eigenvalue weighted by Gasteiger charge is -2.28. The van der Waals surface area contributed by atoms with Gasteiger partial charge in [-0.2, -0.15) is 0 Å². The van der Waals surface area contributed by atoms with Crippen LogP contribution in [-0.4, -0.2) is 75.7 Å². The summed E-state index contributed by atoms with van der Waals surface area (Å²) in [4.78, 5) is 32.8. The minimum Gasteiger partial charge on any atom is -0.372 e. The lowest BCUT2D eigenvalue weighted by atomic mass is 10.0. The van der Waals surface area contributed by atoms with Crippen molar-refractivity contribution in [2.45, 2.75) is 70.4 Å². The Labute approximate surface area is 207 Å². The summed E-state index contributed by atoms with van der Waals surface area (Å²) in [5, 5.41) is 0. The number of likely N-dealkylation sites (tertiary alicyclic amines) is 1. The Morgan fingerprint density at radius 2 is 2.09 bits per heavy atom. The van der Waals surface area contributed by atoms with Crippen molar-refractivity contribution < 1.29 is 9.53 Å².